The Morgan fingerprint density at radius 3 is 2.28 bits per heavy atom. The standard InChI is InChI=1S/C15H23NO2/c1-11-7-13(8-12(2)14(11)17-4)15(5-6-16-3)9-18-10-15/h7-8,16H,5-6,9-10H2,1-4H3. The highest BCUT2D eigenvalue weighted by molar-refractivity contribution is 5.46. The van der Waals surface area contributed by atoms with Gasteiger partial charge in [0.25, 0.3) is 0 Å². The lowest BCUT2D eigenvalue weighted by atomic mass is 9.75. The Kier molecular flexibility index (Phi) is 3.93. The summed E-state index contributed by atoms with van der Waals surface area (Å²) in [5.41, 5.74) is 4.01. The van der Waals surface area contributed by atoms with E-state index in [1.807, 2.05) is 7.05 Å². The van der Waals surface area contributed by atoms with Gasteiger partial charge < -0.3 is 14.8 Å². The molecule has 0 bridgehead atoms. The number of aryl methyl sites for hydroxylation is 2. The number of hydrogen-bond donors (Lipinski definition) is 1. The van der Waals surface area contributed by atoms with Gasteiger partial charge in [0.15, 0.2) is 0 Å². The first kappa shape index (κ1) is 13.4. The van der Waals surface area contributed by atoms with Crippen molar-refractivity contribution in [2.45, 2.75) is 25.7 Å². The molecule has 1 aromatic carbocycles. The summed E-state index contributed by atoms with van der Waals surface area (Å²) in [5, 5.41) is 3.23. The van der Waals surface area contributed by atoms with Crippen molar-refractivity contribution in [3.05, 3.63) is 28.8 Å². The first-order valence-corrected chi connectivity index (χ1v) is 6.51. The molecule has 1 fully saturated rings. The van der Waals surface area contributed by atoms with E-state index < -0.39 is 0 Å². The Morgan fingerprint density at radius 1 is 1.28 bits per heavy atom. The van der Waals surface area contributed by atoms with Crippen LogP contribution in [0.2, 0.25) is 0 Å². The predicted molar refractivity (Wildman–Crippen MR) is 73.5 cm³/mol. The van der Waals surface area contributed by atoms with E-state index in [0.29, 0.717) is 0 Å². The molecule has 1 saturated heterocycles. The molecule has 3 heteroatoms. The number of rotatable bonds is 5. The molecule has 0 amide bonds. The number of benzene rings is 1. The molecule has 1 N–H and O–H groups in total. The van der Waals surface area contributed by atoms with Crippen LogP contribution >= 0.6 is 0 Å². The number of methoxy groups -OCH3 is 1. The monoisotopic (exact) mass is 249 g/mol. The third-order valence-corrected chi connectivity index (χ3v) is 3.89. The van der Waals surface area contributed by atoms with Gasteiger partial charge in [0, 0.05) is 5.41 Å². The van der Waals surface area contributed by atoms with E-state index in [9.17, 15) is 0 Å². The highest BCUT2D eigenvalue weighted by atomic mass is 16.5. The van der Waals surface area contributed by atoms with Crippen molar-refractivity contribution in [3.8, 4) is 5.75 Å². The van der Waals surface area contributed by atoms with Gasteiger partial charge in [0.1, 0.15) is 5.75 Å². The fourth-order valence-electron chi connectivity index (χ4n) is 2.75. The summed E-state index contributed by atoms with van der Waals surface area (Å²) in [4.78, 5) is 0. The van der Waals surface area contributed by atoms with Gasteiger partial charge in [-0.05, 0) is 50.6 Å². The van der Waals surface area contributed by atoms with Crippen LogP contribution in [-0.4, -0.2) is 33.9 Å². The van der Waals surface area contributed by atoms with Crippen LogP contribution in [-0.2, 0) is 10.2 Å². The van der Waals surface area contributed by atoms with Crippen molar-refractivity contribution >= 4 is 0 Å². The van der Waals surface area contributed by atoms with Gasteiger partial charge >= 0.3 is 0 Å². The van der Waals surface area contributed by atoms with E-state index in [4.69, 9.17) is 9.47 Å². The van der Waals surface area contributed by atoms with Crippen molar-refractivity contribution in [2.24, 2.45) is 0 Å². The van der Waals surface area contributed by atoms with Crippen LogP contribution in [0.1, 0.15) is 23.1 Å². The molecule has 0 aliphatic carbocycles. The summed E-state index contributed by atoms with van der Waals surface area (Å²) >= 11 is 0. The van der Waals surface area contributed by atoms with E-state index in [2.05, 4.69) is 31.3 Å². The van der Waals surface area contributed by atoms with Crippen molar-refractivity contribution in [1.29, 1.82) is 0 Å². The van der Waals surface area contributed by atoms with Crippen LogP contribution in [0.3, 0.4) is 0 Å². The van der Waals surface area contributed by atoms with Crippen molar-refractivity contribution < 1.29 is 9.47 Å². The molecular weight excluding hydrogens is 226 g/mol. The molecule has 0 atom stereocenters. The van der Waals surface area contributed by atoms with Gasteiger partial charge in [-0.25, -0.2) is 0 Å². The van der Waals surface area contributed by atoms with Gasteiger partial charge in [-0.3, -0.25) is 0 Å². The molecule has 0 radical (unpaired) electrons. The fourth-order valence-corrected chi connectivity index (χ4v) is 2.75. The third kappa shape index (κ3) is 2.25. The number of nitrogens with one attached hydrogen (secondary N) is 1. The van der Waals surface area contributed by atoms with Crippen LogP contribution in [0.25, 0.3) is 0 Å². The zero-order valence-electron chi connectivity index (χ0n) is 11.8. The van der Waals surface area contributed by atoms with Gasteiger partial charge in [-0.15, -0.1) is 0 Å². The molecule has 1 heterocycles. The Morgan fingerprint density at radius 2 is 1.89 bits per heavy atom. The Bertz CT molecular complexity index is 401. The highest BCUT2D eigenvalue weighted by Crippen LogP contribution is 2.38. The molecule has 1 aromatic rings. The minimum atomic E-state index is 0.199. The lowest BCUT2D eigenvalue weighted by Crippen LogP contribution is -2.48. The summed E-state index contributed by atoms with van der Waals surface area (Å²) in [6, 6.07) is 4.51. The first-order chi connectivity index (χ1) is 8.63. The second kappa shape index (κ2) is 5.29. The maximum Gasteiger partial charge on any atom is 0.124 e. The highest BCUT2D eigenvalue weighted by Gasteiger charge is 2.40. The SMILES string of the molecule is CNCCC1(c2cc(C)c(OC)c(C)c2)COC1. The van der Waals surface area contributed by atoms with E-state index in [1.54, 1.807) is 7.11 Å². The van der Waals surface area contributed by atoms with Gasteiger partial charge in [0.2, 0.25) is 0 Å². The van der Waals surface area contributed by atoms with Gasteiger partial charge in [0.05, 0.1) is 20.3 Å². The van der Waals surface area contributed by atoms with Crippen molar-refractivity contribution in [1.82, 2.24) is 5.32 Å². The smallest absolute Gasteiger partial charge is 0.124 e. The van der Waals surface area contributed by atoms with E-state index in [1.165, 1.54) is 16.7 Å². The topological polar surface area (TPSA) is 30.5 Å². The lowest BCUT2D eigenvalue weighted by molar-refractivity contribution is -0.0638. The quantitative estimate of drug-likeness (QED) is 0.867. The number of hydrogen-bond acceptors (Lipinski definition) is 3. The minimum Gasteiger partial charge on any atom is -0.496 e. The lowest BCUT2D eigenvalue weighted by Gasteiger charge is -2.42. The molecule has 100 valence electrons. The van der Waals surface area contributed by atoms with Crippen LogP contribution in [0.4, 0.5) is 0 Å². The van der Waals surface area contributed by atoms with Crippen LogP contribution in [0.5, 0.6) is 5.75 Å². The average molecular weight is 249 g/mol. The van der Waals surface area contributed by atoms with Crippen LogP contribution < -0.4 is 10.1 Å². The molecule has 3 nitrogen and oxygen atoms in total. The largest absolute Gasteiger partial charge is 0.496 e. The van der Waals surface area contributed by atoms with E-state index in [-0.39, 0.29) is 5.41 Å². The summed E-state index contributed by atoms with van der Waals surface area (Å²) in [5.74, 6) is 1.00. The molecule has 0 unspecified atom stereocenters. The molecular formula is C15H23NO2. The van der Waals surface area contributed by atoms with Crippen LogP contribution in [0.15, 0.2) is 12.1 Å². The zero-order chi connectivity index (χ0) is 13.2. The summed E-state index contributed by atoms with van der Waals surface area (Å²) in [7, 11) is 3.73. The Balaban J connectivity index is 2.32. The second-order valence-corrected chi connectivity index (χ2v) is 5.27. The van der Waals surface area contributed by atoms with Crippen molar-refractivity contribution in [2.75, 3.05) is 33.9 Å². The first-order valence-electron chi connectivity index (χ1n) is 6.51. The van der Waals surface area contributed by atoms with E-state index in [0.717, 1.165) is 31.9 Å². The summed E-state index contributed by atoms with van der Waals surface area (Å²) < 4.78 is 10.9. The van der Waals surface area contributed by atoms with Gasteiger partial charge in [-0.2, -0.15) is 0 Å². The second-order valence-electron chi connectivity index (χ2n) is 5.27. The fraction of sp³-hybridized carbons (Fsp3) is 0.600. The summed E-state index contributed by atoms with van der Waals surface area (Å²) in [6.45, 7) is 6.91. The van der Waals surface area contributed by atoms with E-state index >= 15 is 0 Å². The normalized spacial score (nSPS) is 17.3. The number of ether oxygens (including phenoxy) is 2. The molecule has 1 aliphatic heterocycles. The summed E-state index contributed by atoms with van der Waals surface area (Å²) in [6.07, 6.45) is 1.12. The van der Waals surface area contributed by atoms with Gasteiger partial charge in [-0.1, -0.05) is 12.1 Å². The Labute approximate surface area is 109 Å². The van der Waals surface area contributed by atoms with Crippen molar-refractivity contribution in [3.63, 3.8) is 0 Å². The molecule has 0 saturated carbocycles. The maximum absolute atomic E-state index is 5.47. The predicted octanol–water partition coefficient (Wildman–Crippen LogP) is 2.19. The van der Waals surface area contributed by atoms with Crippen LogP contribution in [0, 0.1) is 13.8 Å². The molecule has 2 rings (SSSR count). The molecule has 1 aliphatic rings. The molecule has 18 heavy (non-hydrogen) atoms. The molecule has 0 aromatic heterocycles. The zero-order valence-corrected chi connectivity index (χ0v) is 11.8. The Hall–Kier alpha value is -1.06. The molecule has 0 spiro atoms. The maximum atomic E-state index is 5.47. The minimum absolute atomic E-state index is 0.199. The average Bonchev–Trinajstić information content (AvgIpc) is 2.27. The third-order valence-electron chi connectivity index (χ3n) is 3.89.